The Balaban J connectivity index is 1.87. The van der Waals surface area contributed by atoms with E-state index in [1.165, 1.54) is 0 Å². The van der Waals surface area contributed by atoms with Gasteiger partial charge >= 0.3 is 5.97 Å². The zero-order valence-corrected chi connectivity index (χ0v) is 13.0. The van der Waals surface area contributed by atoms with Crippen LogP contribution in [-0.4, -0.2) is 46.1 Å². The van der Waals surface area contributed by atoms with Crippen LogP contribution in [-0.2, 0) is 9.59 Å². The molecule has 2 aromatic rings. The third-order valence-electron chi connectivity index (χ3n) is 3.52. The lowest BCUT2D eigenvalue weighted by Crippen LogP contribution is -2.33. The van der Waals surface area contributed by atoms with Crippen LogP contribution in [0.4, 0.5) is 5.95 Å². The van der Waals surface area contributed by atoms with Gasteiger partial charge in [-0.25, -0.2) is 15.0 Å². The van der Waals surface area contributed by atoms with Gasteiger partial charge in [0.25, 0.3) is 5.91 Å². The minimum absolute atomic E-state index is 0.132. The number of anilines is 1. The van der Waals surface area contributed by atoms with Gasteiger partial charge in [-0.3, -0.25) is 20.2 Å². The van der Waals surface area contributed by atoms with Gasteiger partial charge in [-0.1, -0.05) is 0 Å². The van der Waals surface area contributed by atoms with Gasteiger partial charge < -0.3 is 9.84 Å². The summed E-state index contributed by atoms with van der Waals surface area (Å²) >= 11 is 0. The number of carbonyl (C=O) groups excluding carboxylic acids is 1. The Kier molecular flexibility index (Phi) is 3.98. The lowest BCUT2D eigenvalue weighted by Gasteiger charge is -2.08. The smallest absolute Gasteiger partial charge is 0.306 e. The van der Waals surface area contributed by atoms with Crippen LogP contribution in [0, 0.1) is 6.92 Å². The molecule has 3 rings (SSSR count). The fourth-order valence-electron chi connectivity index (χ4n) is 2.37. The number of rotatable bonds is 4. The second kappa shape index (κ2) is 6.11. The predicted molar refractivity (Wildman–Crippen MR) is 86.1 cm³/mol. The summed E-state index contributed by atoms with van der Waals surface area (Å²) < 4.78 is 5.18. The van der Waals surface area contributed by atoms with E-state index in [1.54, 1.807) is 13.2 Å². The van der Waals surface area contributed by atoms with Crippen molar-refractivity contribution in [3.8, 4) is 5.75 Å². The maximum atomic E-state index is 11.7. The number of carbonyl (C=O) groups is 2. The van der Waals surface area contributed by atoms with E-state index < -0.39 is 17.9 Å². The maximum Gasteiger partial charge on any atom is 0.306 e. The van der Waals surface area contributed by atoms with Gasteiger partial charge in [0.2, 0.25) is 11.9 Å². The van der Waals surface area contributed by atoms with Gasteiger partial charge in [-0.2, -0.15) is 0 Å². The highest BCUT2D eigenvalue weighted by molar-refractivity contribution is 6.10. The summed E-state index contributed by atoms with van der Waals surface area (Å²) in [6, 6.07) is 4.51. The molecule has 1 atom stereocenters. The molecule has 0 unspecified atom stereocenters. The van der Waals surface area contributed by atoms with Crippen molar-refractivity contribution in [1.82, 2.24) is 15.3 Å². The molecule has 0 aliphatic carbocycles. The first kappa shape index (κ1) is 15.7. The minimum atomic E-state index is -1.09. The number of carboxylic acids is 1. The summed E-state index contributed by atoms with van der Waals surface area (Å²) in [5, 5.41) is 14.9. The van der Waals surface area contributed by atoms with Crippen molar-refractivity contribution in [3.05, 3.63) is 23.9 Å². The van der Waals surface area contributed by atoms with Gasteiger partial charge in [0.1, 0.15) is 11.8 Å². The van der Waals surface area contributed by atoms with Crippen molar-refractivity contribution in [2.24, 2.45) is 4.99 Å². The number of carboxylic acid groups (broad SMARTS) is 1. The molecule has 9 nitrogen and oxygen atoms in total. The molecule has 9 heteroatoms. The zero-order valence-electron chi connectivity index (χ0n) is 13.0. The van der Waals surface area contributed by atoms with Crippen LogP contribution in [0.2, 0.25) is 0 Å². The minimum Gasteiger partial charge on any atom is -0.497 e. The molecule has 0 saturated carbocycles. The highest BCUT2D eigenvalue weighted by Crippen LogP contribution is 2.22. The van der Waals surface area contributed by atoms with Crippen LogP contribution in [0.1, 0.15) is 12.1 Å². The van der Waals surface area contributed by atoms with Gasteiger partial charge in [0.15, 0.2) is 0 Å². The maximum absolute atomic E-state index is 11.7. The van der Waals surface area contributed by atoms with Crippen LogP contribution < -0.4 is 15.4 Å². The molecule has 0 saturated heterocycles. The topological polar surface area (TPSA) is 126 Å². The zero-order chi connectivity index (χ0) is 17.3. The molecule has 3 N–H and O–H groups in total. The first-order chi connectivity index (χ1) is 11.5. The molecule has 1 aromatic heterocycles. The van der Waals surface area contributed by atoms with E-state index in [-0.39, 0.29) is 18.3 Å². The number of fused-ring (bicyclic) bond motifs is 1. The van der Waals surface area contributed by atoms with Crippen molar-refractivity contribution >= 4 is 34.7 Å². The number of guanidine groups is 1. The Hall–Kier alpha value is -3.23. The van der Waals surface area contributed by atoms with E-state index in [4.69, 9.17) is 9.84 Å². The van der Waals surface area contributed by atoms with E-state index in [2.05, 4.69) is 25.6 Å². The summed E-state index contributed by atoms with van der Waals surface area (Å²) in [5.74, 6) is -0.514. The molecule has 0 radical (unpaired) electrons. The molecule has 1 aliphatic rings. The number of ether oxygens (including phenoxy) is 1. The van der Waals surface area contributed by atoms with Crippen molar-refractivity contribution in [2.75, 3.05) is 12.4 Å². The summed E-state index contributed by atoms with van der Waals surface area (Å²) in [4.78, 5) is 35.1. The van der Waals surface area contributed by atoms with Crippen molar-refractivity contribution in [3.63, 3.8) is 0 Å². The molecule has 1 amide bonds. The van der Waals surface area contributed by atoms with Crippen LogP contribution in [0.25, 0.3) is 10.9 Å². The second-order valence-corrected chi connectivity index (χ2v) is 5.22. The fourth-order valence-corrected chi connectivity index (χ4v) is 2.37. The molecule has 0 spiro atoms. The van der Waals surface area contributed by atoms with Crippen molar-refractivity contribution < 1.29 is 19.4 Å². The molecule has 1 aromatic carbocycles. The van der Waals surface area contributed by atoms with Crippen LogP contribution in [0.15, 0.2) is 23.2 Å². The van der Waals surface area contributed by atoms with E-state index in [0.29, 0.717) is 11.3 Å². The quantitative estimate of drug-likeness (QED) is 0.753. The molecule has 2 heterocycles. The SMILES string of the molecule is COc1ccc2c(C)nc(NC3=N[C@@H](CC(=O)O)C(=O)N3)nc2c1. The molecule has 24 heavy (non-hydrogen) atoms. The Labute approximate surface area is 136 Å². The number of aromatic nitrogens is 2. The second-order valence-electron chi connectivity index (χ2n) is 5.22. The number of aliphatic imine (C=N–C) groups is 1. The van der Waals surface area contributed by atoms with E-state index in [9.17, 15) is 9.59 Å². The third kappa shape index (κ3) is 3.09. The first-order valence-corrected chi connectivity index (χ1v) is 7.16. The van der Waals surface area contributed by atoms with Crippen LogP contribution in [0.3, 0.4) is 0 Å². The van der Waals surface area contributed by atoms with Crippen molar-refractivity contribution in [1.29, 1.82) is 0 Å². The third-order valence-corrected chi connectivity index (χ3v) is 3.52. The fraction of sp³-hybridized carbons (Fsp3) is 0.267. The highest BCUT2D eigenvalue weighted by Gasteiger charge is 2.28. The average molecular weight is 329 g/mol. The summed E-state index contributed by atoms with van der Waals surface area (Å²) in [6.45, 7) is 1.84. The van der Waals surface area contributed by atoms with E-state index >= 15 is 0 Å². The summed E-state index contributed by atoms with van der Waals surface area (Å²) in [6.07, 6.45) is -0.369. The Morgan fingerprint density at radius 1 is 1.42 bits per heavy atom. The van der Waals surface area contributed by atoms with Gasteiger partial charge in [0.05, 0.1) is 24.7 Å². The summed E-state index contributed by atoms with van der Waals surface area (Å²) in [7, 11) is 1.57. The van der Waals surface area contributed by atoms with Gasteiger partial charge in [-0.15, -0.1) is 0 Å². The standard InChI is InChI=1S/C15H15N5O4/c1-7-9-4-3-8(24-2)5-10(9)17-14(16-7)20-15-18-11(6-12(21)22)13(23)19-15/h3-5,11H,6H2,1-2H3,(H,21,22)(H2,16,17,18,19,20,23)/t11-/m0/s1. The Bertz CT molecular complexity index is 864. The number of aliphatic carboxylic acids is 1. The van der Waals surface area contributed by atoms with Gasteiger partial charge in [0, 0.05) is 11.5 Å². The number of hydrogen-bond donors (Lipinski definition) is 3. The molecule has 124 valence electrons. The molecule has 1 aliphatic heterocycles. The van der Waals surface area contributed by atoms with Crippen LogP contribution >= 0.6 is 0 Å². The number of methoxy groups -OCH3 is 1. The normalized spacial score (nSPS) is 16.7. The summed E-state index contributed by atoms with van der Waals surface area (Å²) in [5.41, 5.74) is 1.42. The molecule has 0 bridgehead atoms. The average Bonchev–Trinajstić information content (AvgIpc) is 2.85. The van der Waals surface area contributed by atoms with Crippen LogP contribution in [0.5, 0.6) is 5.75 Å². The van der Waals surface area contributed by atoms with Gasteiger partial charge in [-0.05, 0) is 19.1 Å². The number of amides is 1. The Morgan fingerprint density at radius 2 is 2.21 bits per heavy atom. The van der Waals surface area contributed by atoms with Crippen molar-refractivity contribution in [2.45, 2.75) is 19.4 Å². The number of nitrogens with zero attached hydrogens (tertiary/aromatic N) is 3. The predicted octanol–water partition coefficient (Wildman–Crippen LogP) is 0.688. The first-order valence-electron chi connectivity index (χ1n) is 7.16. The number of hydrogen-bond acceptors (Lipinski definition) is 7. The monoisotopic (exact) mass is 329 g/mol. The lowest BCUT2D eigenvalue weighted by molar-refractivity contribution is -0.139. The number of aryl methyl sites for hydroxylation is 1. The molecule has 0 fully saturated rings. The van der Waals surface area contributed by atoms with E-state index in [0.717, 1.165) is 11.1 Å². The highest BCUT2D eigenvalue weighted by atomic mass is 16.5. The molecular weight excluding hydrogens is 314 g/mol. The lowest BCUT2D eigenvalue weighted by atomic mass is 10.2. The molecular formula is C15H15N5O4. The number of benzene rings is 1. The van der Waals surface area contributed by atoms with E-state index in [1.807, 2.05) is 19.1 Å². The largest absolute Gasteiger partial charge is 0.497 e. The number of nitrogens with one attached hydrogen (secondary N) is 2. The Morgan fingerprint density at radius 3 is 2.92 bits per heavy atom.